The first kappa shape index (κ1) is 19.0. The van der Waals surface area contributed by atoms with Crippen molar-refractivity contribution in [3.63, 3.8) is 0 Å². The predicted octanol–water partition coefficient (Wildman–Crippen LogP) is 2.45. The number of amides is 3. The zero-order valence-corrected chi connectivity index (χ0v) is 15.3. The van der Waals surface area contributed by atoms with Gasteiger partial charge in [-0.05, 0) is 37.1 Å². The Hall–Kier alpha value is -2.29. The van der Waals surface area contributed by atoms with Gasteiger partial charge in [0.1, 0.15) is 0 Å². The lowest BCUT2D eigenvalue weighted by Gasteiger charge is -2.36. The minimum absolute atomic E-state index is 0.0125. The number of piperazine rings is 1. The maximum absolute atomic E-state index is 12.7. The summed E-state index contributed by atoms with van der Waals surface area (Å²) in [5.74, 6) is -0.301. The molecular formula is C19H22F3N3O3. The molecule has 0 saturated carbocycles. The van der Waals surface area contributed by atoms with E-state index in [9.17, 15) is 22.8 Å². The van der Waals surface area contributed by atoms with Crippen LogP contribution in [0.25, 0.3) is 0 Å². The average Bonchev–Trinajstić information content (AvgIpc) is 3.03. The summed E-state index contributed by atoms with van der Waals surface area (Å²) >= 11 is 0. The first-order valence-corrected chi connectivity index (χ1v) is 9.46. The second-order valence-electron chi connectivity index (χ2n) is 7.45. The molecule has 0 spiro atoms. The van der Waals surface area contributed by atoms with Gasteiger partial charge in [0.15, 0.2) is 0 Å². The van der Waals surface area contributed by atoms with Gasteiger partial charge in [-0.25, -0.2) is 4.79 Å². The summed E-state index contributed by atoms with van der Waals surface area (Å²) in [6.07, 6.45) is -2.79. The second-order valence-corrected chi connectivity index (χ2v) is 7.45. The van der Waals surface area contributed by atoms with Crippen LogP contribution in [0.2, 0.25) is 0 Å². The summed E-state index contributed by atoms with van der Waals surface area (Å²) in [4.78, 5) is 30.8. The number of nitrogens with zero attached hydrogens (tertiary/aromatic N) is 3. The van der Waals surface area contributed by atoms with Crippen LogP contribution in [0.3, 0.4) is 0 Å². The Morgan fingerprint density at radius 1 is 0.964 bits per heavy atom. The quantitative estimate of drug-likeness (QED) is 0.770. The van der Waals surface area contributed by atoms with Crippen molar-refractivity contribution in [2.24, 2.45) is 0 Å². The number of alkyl halides is 3. The lowest BCUT2D eigenvalue weighted by atomic mass is 10.1. The highest BCUT2D eigenvalue weighted by atomic mass is 19.4. The summed E-state index contributed by atoms with van der Waals surface area (Å²) in [5, 5.41) is 0. The van der Waals surface area contributed by atoms with Crippen LogP contribution in [-0.4, -0.2) is 78.1 Å². The van der Waals surface area contributed by atoms with Crippen LogP contribution in [0, 0.1) is 0 Å². The molecule has 4 rings (SSSR count). The number of halogens is 3. The molecule has 0 aromatic heterocycles. The van der Waals surface area contributed by atoms with E-state index in [4.69, 9.17) is 4.74 Å². The topological polar surface area (TPSA) is 53.1 Å². The summed E-state index contributed by atoms with van der Waals surface area (Å²) < 4.78 is 43.5. The maximum Gasteiger partial charge on any atom is 0.416 e. The van der Waals surface area contributed by atoms with E-state index in [-0.39, 0.29) is 29.6 Å². The molecule has 3 saturated heterocycles. The number of carbonyl (C=O) groups is 2. The van der Waals surface area contributed by atoms with Gasteiger partial charge in [-0.1, -0.05) is 0 Å². The fourth-order valence-corrected chi connectivity index (χ4v) is 4.20. The zero-order chi connectivity index (χ0) is 19.9. The molecule has 9 heteroatoms. The Balaban J connectivity index is 1.42. The third-order valence-corrected chi connectivity index (χ3v) is 5.76. The van der Waals surface area contributed by atoms with Gasteiger partial charge in [-0.3, -0.25) is 4.79 Å². The van der Waals surface area contributed by atoms with Gasteiger partial charge in [-0.2, -0.15) is 13.2 Å². The van der Waals surface area contributed by atoms with Gasteiger partial charge >= 0.3 is 12.2 Å². The van der Waals surface area contributed by atoms with Crippen LogP contribution in [0.15, 0.2) is 24.3 Å². The Morgan fingerprint density at radius 2 is 1.64 bits per heavy atom. The van der Waals surface area contributed by atoms with Crippen LogP contribution >= 0.6 is 0 Å². The van der Waals surface area contributed by atoms with E-state index in [1.165, 1.54) is 12.1 Å². The molecule has 3 heterocycles. The Kier molecular flexibility index (Phi) is 4.95. The molecule has 1 unspecified atom stereocenters. The molecule has 3 fully saturated rings. The minimum Gasteiger partial charge on any atom is -0.381 e. The van der Waals surface area contributed by atoms with Gasteiger partial charge in [-0.15, -0.1) is 0 Å². The van der Waals surface area contributed by atoms with E-state index < -0.39 is 11.7 Å². The summed E-state index contributed by atoms with van der Waals surface area (Å²) in [6.45, 7) is 3.08. The largest absolute Gasteiger partial charge is 0.416 e. The number of fused-ring (bicyclic) bond motifs is 1. The molecule has 1 aromatic rings. The fourth-order valence-electron chi connectivity index (χ4n) is 4.20. The smallest absolute Gasteiger partial charge is 0.381 e. The predicted molar refractivity (Wildman–Crippen MR) is 93.8 cm³/mol. The van der Waals surface area contributed by atoms with Crippen LogP contribution in [-0.2, 0) is 10.9 Å². The first-order valence-electron chi connectivity index (χ1n) is 9.46. The number of carbonyl (C=O) groups excluding carboxylic acids is 2. The number of rotatable bonds is 2. The van der Waals surface area contributed by atoms with Crippen molar-refractivity contribution in [2.75, 3.05) is 39.4 Å². The SMILES string of the molecule is O=C(c1ccc(C(F)(F)F)cc1)N1CCN2C(=O)N(C3CCOCC3)CC2C1. The van der Waals surface area contributed by atoms with E-state index in [2.05, 4.69) is 0 Å². The van der Waals surface area contributed by atoms with Crippen molar-refractivity contribution >= 4 is 11.9 Å². The normalized spacial score (nSPS) is 23.9. The molecule has 152 valence electrons. The molecule has 0 bridgehead atoms. The molecule has 3 aliphatic heterocycles. The van der Waals surface area contributed by atoms with E-state index in [1.807, 2.05) is 9.80 Å². The van der Waals surface area contributed by atoms with E-state index in [0.29, 0.717) is 39.4 Å². The Labute approximate surface area is 160 Å². The highest BCUT2D eigenvalue weighted by Gasteiger charge is 2.44. The number of urea groups is 1. The van der Waals surface area contributed by atoms with Crippen molar-refractivity contribution in [1.29, 1.82) is 0 Å². The number of hydrogen-bond acceptors (Lipinski definition) is 3. The van der Waals surface area contributed by atoms with Crippen LogP contribution in [0.5, 0.6) is 0 Å². The minimum atomic E-state index is -4.43. The highest BCUT2D eigenvalue weighted by molar-refractivity contribution is 5.94. The van der Waals surface area contributed by atoms with E-state index >= 15 is 0 Å². The number of ether oxygens (including phenoxy) is 1. The van der Waals surface area contributed by atoms with Crippen LogP contribution < -0.4 is 0 Å². The maximum atomic E-state index is 12.7. The van der Waals surface area contributed by atoms with Gasteiger partial charge in [0.25, 0.3) is 5.91 Å². The molecule has 6 nitrogen and oxygen atoms in total. The van der Waals surface area contributed by atoms with E-state index in [1.54, 1.807) is 4.90 Å². The van der Waals surface area contributed by atoms with Gasteiger partial charge < -0.3 is 19.4 Å². The van der Waals surface area contributed by atoms with Crippen molar-refractivity contribution in [1.82, 2.24) is 14.7 Å². The Morgan fingerprint density at radius 3 is 2.29 bits per heavy atom. The summed E-state index contributed by atoms with van der Waals surface area (Å²) in [7, 11) is 0. The molecule has 3 aliphatic rings. The third kappa shape index (κ3) is 3.55. The molecule has 3 amide bonds. The van der Waals surface area contributed by atoms with Crippen LogP contribution in [0.4, 0.5) is 18.0 Å². The lowest BCUT2D eigenvalue weighted by molar-refractivity contribution is -0.137. The molecule has 0 radical (unpaired) electrons. The monoisotopic (exact) mass is 397 g/mol. The van der Waals surface area contributed by atoms with Crippen molar-refractivity contribution in [3.8, 4) is 0 Å². The standard InChI is InChI=1S/C19H22F3N3O3/c20-19(21,22)14-3-1-13(2-4-14)17(26)23-7-8-24-16(11-23)12-25(18(24)27)15-5-9-28-10-6-15/h1-4,15-16H,5-12H2. The highest BCUT2D eigenvalue weighted by Crippen LogP contribution is 2.30. The summed E-state index contributed by atoms with van der Waals surface area (Å²) in [5.41, 5.74) is -0.547. The van der Waals surface area contributed by atoms with Gasteiger partial charge in [0.05, 0.1) is 11.6 Å². The molecular weight excluding hydrogens is 375 g/mol. The number of benzene rings is 1. The van der Waals surface area contributed by atoms with Gasteiger partial charge in [0.2, 0.25) is 0 Å². The van der Waals surface area contributed by atoms with Crippen molar-refractivity contribution in [2.45, 2.75) is 31.1 Å². The fraction of sp³-hybridized carbons (Fsp3) is 0.579. The van der Waals surface area contributed by atoms with Gasteiger partial charge in [0, 0.05) is 51.0 Å². The average molecular weight is 397 g/mol. The van der Waals surface area contributed by atoms with E-state index in [0.717, 1.165) is 25.0 Å². The van der Waals surface area contributed by atoms with Crippen molar-refractivity contribution in [3.05, 3.63) is 35.4 Å². The molecule has 28 heavy (non-hydrogen) atoms. The summed E-state index contributed by atoms with van der Waals surface area (Å²) in [6, 6.07) is 4.38. The Bertz CT molecular complexity index is 747. The lowest BCUT2D eigenvalue weighted by Crippen LogP contribution is -2.53. The molecule has 1 atom stereocenters. The van der Waals surface area contributed by atoms with Crippen molar-refractivity contribution < 1.29 is 27.5 Å². The number of hydrogen-bond donors (Lipinski definition) is 0. The first-order chi connectivity index (χ1) is 13.3. The molecule has 1 aromatic carbocycles. The molecule has 0 N–H and O–H groups in total. The second kappa shape index (κ2) is 7.27. The molecule has 0 aliphatic carbocycles. The van der Waals surface area contributed by atoms with Crippen LogP contribution in [0.1, 0.15) is 28.8 Å². The zero-order valence-electron chi connectivity index (χ0n) is 15.3. The third-order valence-electron chi connectivity index (χ3n) is 5.76.